The van der Waals surface area contributed by atoms with Crippen LogP contribution in [0.5, 0.6) is 0 Å². The molecule has 1 aromatic carbocycles. The number of pyridine rings is 3. The zero-order chi connectivity index (χ0) is 39.4. The molecule has 2 N–H and O–H groups in total. The lowest BCUT2D eigenvalue weighted by molar-refractivity contribution is -0.134. The van der Waals surface area contributed by atoms with Gasteiger partial charge in [0.15, 0.2) is 5.82 Å². The minimum atomic E-state index is -0.908. The van der Waals surface area contributed by atoms with Crippen LogP contribution in [0, 0.1) is 18.8 Å². The third-order valence-corrected chi connectivity index (χ3v) is 10.8. The van der Waals surface area contributed by atoms with Crippen molar-refractivity contribution in [3.8, 4) is 23.2 Å². The molecule has 0 spiro atoms. The van der Waals surface area contributed by atoms with Crippen LogP contribution in [0.1, 0.15) is 58.1 Å². The highest BCUT2D eigenvalue weighted by molar-refractivity contribution is 6.03. The maximum atomic E-state index is 13.9. The van der Waals surface area contributed by atoms with Gasteiger partial charge in [-0.15, -0.1) is 0 Å². The molecule has 1 atom stereocenters. The second-order valence-corrected chi connectivity index (χ2v) is 14.5. The number of carbonyl (C=O) groups excluding carboxylic acids is 3. The number of aryl methyl sites for hydroxylation is 3. The highest BCUT2D eigenvalue weighted by Gasteiger charge is 2.32. The minimum absolute atomic E-state index is 0.0768. The van der Waals surface area contributed by atoms with Crippen LogP contribution in [-0.2, 0) is 23.1 Å². The van der Waals surface area contributed by atoms with Gasteiger partial charge in [-0.05, 0) is 62.6 Å². The smallest absolute Gasteiger partial charge is 0.270 e. The number of hydrogen-bond acceptors (Lipinski definition) is 11. The Labute approximate surface area is 325 Å². The van der Waals surface area contributed by atoms with Gasteiger partial charge in [0.05, 0.1) is 54.9 Å². The summed E-state index contributed by atoms with van der Waals surface area (Å²) in [5.41, 5.74) is 5.72. The van der Waals surface area contributed by atoms with E-state index in [0.717, 1.165) is 35.0 Å². The second kappa shape index (κ2) is 14.3. The molecule has 286 valence electrons. The monoisotopic (exact) mass is 765 g/mol. The standard InChI is InChI=1S/C42H36FN9O5/c1-23-15-29-33(50(2)42(23)56)17-36(51-20-26(43)21-51)48-39(29)52-14-4-6-31-34(52)19-46-38(47-31)25-8-10-32(45-18-25)41(55)44-13-3-5-24-7-11-35-28(16-24)30(22-57-35)27-9-12-37(53)49-40(27)54/h7-8,10-11,15-19,22,26-27H,4,6,9,12-14,20-21H2,1-2H3,(H,44,55)(H,49,53,54). The lowest BCUT2D eigenvalue weighted by Gasteiger charge is -2.37. The molecule has 6 aromatic rings. The number of alkyl halides is 1. The van der Waals surface area contributed by atoms with E-state index in [4.69, 9.17) is 14.4 Å². The molecule has 3 aliphatic rings. The van der Waals surface area contributed by atoms with Crippen molar-refractivity contribution in [3.05, 3.63) is 99.6 Å². The molecule has 15 heteroatoms. The van der Waals surface area contributed by atoms with Crippen molar-refractivity contribution in [2.45, 2.75) is 44.7 Å². The summed E-state index contributed by atoms with van der Waals surface area (Å²) in [6, 6.07) is 12.5. The van der Waals surface area contributed by atoms with Crippen LogP contribution in [-0.4, -0.2) is 74.6 Å². The van der Waals surface area contributed by atoms with E-state index in [9.17, 15) is 23.6 Å². The number of imide groups is 1. The summed E-state index contributed by atoms with van der Waals surface area (Å²) >= 11 is 0. The number of rotatable bonds is 6. The molecule has 0 saturated carbocycles. The third-order valence-electron chi connectivity index (χ3n) is 10.8. The summed E-state index contributed by atoms with van der Waals surface area (Å²) in [6.07, 6.45) is 6.19. The molecule has 5 aromatic heterocycles. The molecular formula is C42H36FN9O5. The number of furan rings is 1. The average molecular weight is 766 g/mol. The van der Waals surface area contributed by atoms with Gasteiger partial charge in [-0.1, -0.05) is 11.8 Å². The van der Waals surface area contributed by atoms with E-state index in [0.29, 0.717) is 63.8 Å². The summed E-state index contributed by atoms with van der Waals surface area (Å²) in [5.74, 6) is 6.28. The molecular weight excluding hydrogens is 730 g/mol. The topological polar surface area (TPSA) is 168 Å². The number of fused-ring (bicyclic) bond motifs is 3. The molecule has 0 bridgehead atoms. The van der Waals surface area contributed by atoms with Crippen molar-refractivity contribution in [1.29, 1.82) is 0 Å². The fraction of sp³-hybridized carbons (Fsp3) is 0.286. The second-order valence-electron chi connectivity index (χ2n) is 14.5. The molecule has 1 unspecified atom stereocenters. The van der Waals surface area contributed by atoms with Crippen LogP contribution < -0.4 is 26.0 Å². The van der Waals surface area contributed by atoms with E-state index in [-0.39, 0.29) is 49.1 Å². The van der Waals surface area contributed by atoms with Gasteiger partial charge in [0, 0.05) is 65.3 Å². The molecule has 14 nitrogen and oxygen atoms in total. The highest BCUT2D eigenvalue weighted by atomic mass is 19.1. The van der Waals surface area contributed by atoms with Crippen molar-refractivity contribution in [1.82, 2.24) is 35.1 Å². The van der Waals surface area contributed by atoms with Crippen molar-refractivity contribution in [3.63, 3.8) is 0 Å². The van der Waals surface area contributed by atoms with Gasteiger partial charge in [0.1, 0.15) is 29.1 Å². The van der Waals surface area contributed by atoms with Crippen molar-refractivity contribution in [2.75, 3.05) is 36.0 Å². The molecule has 3 aliphatic heterocycles. The normalized spacial score (nSPS) is 16.9. The Bertz CT molecular complexity index is 2760. The summed E-state index contributed by atoms with van der Waals surface area (Å²) in [4.78, 5) is 72.8. The number of nitrogens with zero attached hydrogens (tertiary/aromatic N) is 7. The first-order valence-electron chi connectivity index (χ1n) is 18.7. The van der Waals surface area contributed by atoms with Gasteiger partial charge in [-0.3, -0.25) is 29.5 Å². The predicted molar refractivity (Wildman–Crippen MR) is 210 cm³/mol. The number of benzene rings is 1. The molecule has 3 amide bonds. The SMILES string of the molecule is Cc1cc2c(N3CCCc4nc(-c5ccc(C(=O)NCC#Cc6ccc7occ(C8CCC(=O)NC8=O)c7c6)nc5)ncc43)nc(N3CC(F)C3)cc2n(C)c1=O. The zero-order valence-corrected chi connectivity index (χ0v) is 31.1. The van der Waals surface area contributed by atoms with Gasteiger partial charge >= 0.3 is 0 Å². The van der Waals surface area contributed by atoms with Crippen LogP contribution >= 0.6 is 0 Å². The number of anilines is 3. The Balaban J connectivity index is 0.896. The van der Waals surface area contributed by atoms with Crippen molar-refractivity contribution < 1.29 is 23.2 Å². The van der Waals surface area contributed by atoms with E-state index in [1.165, 1.54) is 0 Å². The predicted octanol–water partition coefficient (Wildman–Crippen LogP) is 4.38. The van der Waals surface area contributed by atoms with Gasteiger partial charge in [0.25, 0.3) is 11.5 Å². The van der Waals surface area contributed by atoms with Gasteiger partial charge in [-0.25, -0.2) is 19.3 Å². The summed E-state index contributed by atoms with van der Waals surface area (Å²) in [6.45, 7) is 3.04. The number of carbonyl (C=O) groups is 3. The Hall–Kier alpha value is -6.95. The number of hydrogen-bond donors (Lipinski definition) is 2. The van der Waals surface area contributed by atoms with E-state index in [2.05, 4.69) is 37.3 Å². The average Bonchev–Trinajstić information content (AvgIpc) is 3.62. The summed E-state index contributed by atoms with van der Waals surface area (Å²) < 4.78 is 21.1. The molecule has 57 heavy (non-hydrogen) atoms. The molecule has 2 saturated heterocycles. The number of piperidine rings is 1. The molecule has 0 radical (unpaired) electrons. The Morgan fingerprint density at radius 1 is 1.04 bits per heavy atom. The first-order valence-corrected chi connectivity index (χ1v) is 18.7. The molecule has 0 aliphatic carbocycles. The molecule has 2 fully saturated rings. The summed E-state index contributed by atoms with van der Waals surface area (Å²) in [5, 5.41) is 6.73. The van der Waals surface area contributed by atoms with Gasteiger partial charge < -0.3 is 24.1 Å². The Kier molecular flexibility index (Phi) is 8.95. The number of nitrogens with one attached hydrogen (secondary N) is 2. The van der Waals surface area contributed by atoms with E-state index in [1.54, 1.807) is 61.5 Å². The molecule has 9 rings (SSSR count). The highest BCUT2D eigenvalue weighted by Crippen LogP contribution is 2.38. The van der Waals surface area contributed by atoms with Crippen LogP contribution in [0.2, 0.25) is 0 Å². The maximum absolute atomic E-state index is 13.9. The fourth-order valence-corrected chi connectivity index (χ4v) is 7.68. The lowest BCUT2D eigenvalue weighted by atomic mass is 9.90. The maximum Gasteiger partial charge on any atom is 0.270 e. The van der Waals surface area contributed by atoms with E-state index < -0.39 is 18.0 Å². The number of amides is 3. The first kappa shape index (κ1) is 35.7. The lowest BCUT2D eigenvalue weighted by Crippen LogP contribution is -2.49. The van der Waals surface area contributed by atoms with Crippen LogP contribution in [0.4, 0.5) is 21.7 Å². The largest absolute Gasteiger partial charge is 0.464 e. The Morgan fingerprint density at radius 2 is 1.89 bits per heavy atom. The molecule has 8 heterocycles. The summed E-state index contributed by atoms with van der Waals surface area (Å²) in [7, 11) is 1.74. The first-order chi connectivity index (χ1) is 27.6. The van der Waals surface area contributed by atoms with Gasteiger partial charge in [0.2, 0.25) is 11.8 Å². The fourth-order valence-electron chi connectivity index (χ4n) is 7.68. The zero-order valence-electron chi connectivity index (χ0n) is 31.1. The number of aromatic nitrogens is 5. The number of halogens is 1. The third kappa shape index (κ3) is 6.62. The van der Waals surface area contributed by atoms with Crippen LogP contribution in [0.3, 0.4) is 0 Å². The van der Waals surface area contributed by atoms with Gasteiger partial charge in [-0.2, -0.15) is 0 Å². The van der Waals surface area contributed by atoms with E-state index >= 15 is 0 Å². The van der Waals surface area contributed by atoms with E-state index in [1.807, 2.05) is 23.1 Å². The van der Waals surface area contributed by atoms with Crippen LogP contribution in [0.25, 0.3) is 33.3 Å². The minimum Gasteiger partial charge on any atom is -0.464 e. The quantitative estimate of drug-likeness (QED) is 0.182. The van der Waals surface area contributed by atoms with Crippen molar-refractivity contribution >= 4 is 56.9 Å². The Morgan fingerprint density at radius 3 is 2.68 bits per heavy atom. The van der Waals surface area contributed by atoms with Crippen LogP contribution in [0.15, 0.2) is 70.3 Å². The van der Waals surface area contributed by atoms with Crippen molar-refractivity contribution in [2.24, 2.45) is 7.05 Å².